The van der Waals surface area contributed by atoms with Crippen molar-refractivity contribution in [2.45, 2.75) is 25.9 Å². The number of halogens is 1. The Hall–Kier alpha value is -3.15. The van der Waals surface area contributed by atoms with Gasteiger partial charge in [0.05, 0.1) is 23.1 Å². The lowest BCUT2D eigenvalue weighted by atomic mass is 10.1. The van der Waals surface area contributed by atoms with Crippen LogP contribution in [0.2, 0.25) is 0 Å². The lowest BCUT2D eigenvalue weighted by molar-refractivity contribution is 0.0594. The molecule has 5 nitrogen and oxygen atoms in total. The molecule has 0 bridgehead atoms. The van der Waals surface area contributed by atoms with Crippen LogP contribution in [0.1, 0.15) is 28.9 Å². The quantitative estimate of drug-likeness (QED) is 0.688. The molecule has 1 aliphatic rings. The van der Waals surface area contributed by atoms with Crippen LogP contribution >= 0.6 is 0 Å². The number of rotatable bonds is 4. The molecular weight excluding hydrogens is 357 g/mol. The topological polar surface area (TPSA) is 47.4 Å². The van der Waals surface area contributed by atoms with E-state index in [1.165, 1.54) is 12.1 Å². The average molecular weight is 379 g/mol. The number of hydrogen-bond acceptors (Lipinski definition) is 3. The molecule has 28 heavy (non-hydrogen) atoms. The number of amides is 1. The second-order valence-electron chi connectivity index (χ2n) is 6.95. The number of para-hydroxylation sites is 1. The number of nitrogens with zero attached hydrogens (tertiary/aromatic N) is 3. The maximum atomic E-state index is 13.0. The van der Waals surface area contributed by atoms with Gasteiger partial charge in [-0.2, -0.15) is 5.10 Å². The Kier molecular flexibility index (Phi) is 5.10. The molecule has 1 saturated heterocycles. The van der Waals surface area contributed by atoms with Crippen molar-refractivity contribution < 1.29 is 13.9 Å². The van der Waals surface area contributed by atoms with E-state index in [-0.39, 0.29) is 17.8 Å². The van der Waals surface area contributed by atoms with Gasteiger partial charge in [0.1, 0.15) is 17.7 Å². The summed E-state index contributed by atoms with van der Waals surface area (Å²) in [5.74, 6) is 0.380. The first-order valence-corrected chi connectivity index (χ1v) is 9.43. The second-order valence-corrected chi connectivity index (χ2v) is 6.95. The summed E-state index contributed by atoms with van der Waals surface area (Å²) in [5.41, 5.74) is 2.40. The van der Waals surface area contributed by atoms with Gasteiger partial charge in [0, 0.05) is 25.9 Å². The van der Waals surface area contributed by atoms with Crippen LogP contribution in [0.5, 0.6) is 5.75 Å². The highest BCUT2D eigenvalue weighted by molar-refractivity contribution is 5.95. The van der Waals surface area contributed by atoms with Crippen LogP contribution < -0.4 is 4.74 Å². The van der Waals surface area contributed by atoms with Crippen LogP contribution in [0.3, 0.4) is 0 Å². The molecule has 2 heterocycles. The molecule has 0 atom stereocenters. The Bertz CT molecular complexity index is 946. The zero-order chi connectivity index (χ0) is 19.5. The Balaban J connectivity index is 1.39. The van der Waals surface area contributed by atoms with Gasteiger partial charge in [-0.15, -0.1) is 0 Å². The monoisotopic (exact) mass is 379 g/mol. The normalized spacial score (nSPS) is 14.9. The summed E-state index contributed by atoms with van der Waals surface area (Å²) >= 11 is 0. The first kappa shape index (κ1) is 18.2. The molecule has 0 N–H and O–H groups in total. The first-order valence-electron chi connectivity index (χ1n) is 9.43. The number of benzene rings is 2. The molecule has 144 valence electrons. The Labute approximate surface area is 163 Å². The second kappa shape index (κ2) is 7.84. The Morgan fingerprint density at radius 1 is 1.07 bits per heavy atom. The summed E-state index contributed by atoms with van der Waals surface area (Å²) in [4.78, 5) is 14.8. The summed E-state index contributed by atoms with van der Waals surface area (Å²) < 4.78 is 20.7. The third-order valence-corrected chi connectivity index (χ3v) is 5.09. The highest BCUT2D eigenvalue weighted by Crippen LogP contribution is 2.22. The van der Waals surface area contributed by atoms with Crippen LogP contribution in [0, 0.1) is 12.7 Å². The molecule has 1 fully saturated rings. The van der Waals surface area contributed by atoms with Crippen LogP contribution in [-0.2, 0) is 0 Å². The van der Waals surface area contributed by atoms with Gasteiger partial charge in [0.25, 0.3) is 5.91 Å². The van der Waals surface area contributed by atoms with Crippen LogP contribution in [0.15, 0.2) is 60.8 Å². The molecule has 0 spiro atoms. The third kappa shape index (κ3) is 3.76. The minimum atomic E-state index is -0.279. The van der Waals surface area contributed by atoms with Crippen molar-refractivity contribution in [3.8, 4) is 11.4 Å². The lowest BCUT2D eigenvalue weighted by Crippen LogP contribution is -2.41. The minimum absolute atomic E-state index is 0.0000803. The molecule has 6 heteroatoms. The molecule has 0 radical (unpaired) electrons. The predicted octanol–water partition coefficient (Wildman–Crippen LogP) is 4.00. The maximum Gasteiger partial charge on any atom is 0.257 e. The number of piperidine rings is 1. The summed E-state index contributed by atoms with van der Waals surface area (Å²) in [7, 11) is 0. The number of carbonyl (C=O) groups is 1. The van der Waals surface area contributed by atoms with Gasteiger partial charge in [-0.25, -0.2) is 9.07 Å². The number of carbonyl (C=O) groups excluding carboxylic acids is 1. The van der Waals surface area contributed by atoms with E-state index in [4.69, 9.17) is 4.74 Å². The van der Waals surface area contributed by atoms with Gasteiger partial charge < -0.3 is 9.64 Å². The number of aromatic nitrogens is 2. The van der Waals surface area contributed by atoms with Crippen molar-refractivity contribution >= 4 is 5.91 Å². The van der Waals surface area contributed by atoms with E-state index in [0.29, 0.717) is 24.4 Å². The standard InChI is InChI=1S/C22H22FN3O2/c1-16-21(15-24-26(16)18-5-3-2-4-6-18)22(27)25-13-11-20(12-14-25)28-19-9-7-17(23)8-10-19/h2-10,15,20H,11-14H2,1H3. The van der Waals surface area contributed by atoms with Gasteiger partial charge in [-0.1, -0.05) is 18.2 Å². The maximum absolute atomic E-state index is 13.0. The molecule has 1 aromatic heterocycles. The highest BCUT2D eigenvalue weighted by atomic mass is 19.1. The van der Waals surface area contributed by atoms with Gasteiger partial charge >= 0.3 is 0 Å². The Morgan fingerprint density at radius 3 is 2.43 bits per heavy atom. The smallest absolute Gasteiger partial charge is 0.257 e. The van der Waals surface area contributed by atoms with E-state index in [9.17, 15) is 9.18 Å². The van der Waals surface area contributed by atoms with E-state index in [0.717, 1.165) is 24.2 Å². The number of likely N-dealkylation sites (tertiary alicyclic amines) is 1. The van der Waals surface area contributed by atoms with Crippen molar-refractivity contribution in [3.05, 3.63) is 77.9 Å². The molecule has 0 unspecified atom stereocenters. The van der Waals surface area contributed by atoms with Crippen LogP contribution in [-0.4, -0.2) is 39.8 Å². The molecular formula is C22H22FN3O2. The summed E-state index contributed by atoms with van der Waals surface area (Å²) in [6.07, 6.45) is 3.16. The van der Waals surface area contributed by atoms with Crippen molar-refractivity contribution in [1.29, 1.82) is 0 Å². The summed E-state index contributed by atoms with van der Waals surface area (Å²) in [6, 6.07) is 15.8. The minimum Gasteiger partial charge on any atom is -0.490 e. The third-order valence-electron chi connectivity index (χ3n) is 5.09. The van der Waals surface area contributed by atoms with Gasteiger partial charge in [-0.05, 0) is 43.3 Å². The average Bonchev–Trinajstić information content (AvgIpc) is 3.12. The van der Waals surface area contributed by atoms with E-state index >= 15 is 0 Å². The van der Waals surface area contributed by atoms with Crippen LogP contribution in [0.4, 0.5) is 4.39 Å². The van der Waals surface area contributed by atoms with Crippen molar-refractivity contribution in [2.24, 2.45) is 0 Å². The van der Waals surface area contributed by atoms with Gasteiger partial charge in [0.15, 0.2) is 0 Å². The van der Waals surface area contributed by atoms with Crippen LogP contribution in [0.25, 0.3) is 5.69 Å². The highest BCUT2D eigenvalue weighted by Gasteiger charge is 2.27. The van der Waals surface area contributed by atoms with E-state index in [2.05, 4.69) is 5.10 Å². The van der Waals surface area contributed by atoms with E-state index < -0.39 is 0 Å². The molecule has 4 rings (SSSR count). The molecule has 0 saturated carbocycles. The van der Waals surface area contributed by atoms with Gasteiger partial charge in [-0.3, -0.25) is 4.79 Å². The summed E-state index contributed by atoms with van der Waals surface area (Å²) in [6.45, 7) is 3.17. The summed E-state index contributed by atoms with van der Waals surface area (Å²) in [5, 5.41) is 4.39. The SMILES string of the molecule is Cc1c(C(=O)N2CCC(Oc3ccc(F)cc3)CC2)cnn1-c1ccccc1. The first-order chi connectivity index (χ1) is 13.6. The van der Waals surface area contributed by atoms with E-state index in [1.54, 1.807) is 23.0 Å². The number of ether oxygens (including phenoxy) is 1. The fourth-order valence-corrected chi connectivity index (χ4v) is 3.50. The number of hydrogen-bond donors (Lipinski definition) is 0. The molecule has 2 aromatic carbocycles. The molecule has 0 aliphatic carbocycles. The van der Waals surface area contributed by atoms with Crippen molar-refractivity contribution in [3.63, 3.8) is 0 Å². The van der Waals surface area contributed by atoms with Crippen molar-refractivity contribution in [2.75, 3.05) is 13.1 Å². The van der Waals surface area contributed by atoms with Gasteiger partial charge in [0.2, 0.25) is 0 Å². The Morgan fingerprint density at radius 2 is 1.75 bits per heavy atom. The molecule has 3 aromatic rings. The van der Waals surface area contributed by atoms with Crippen molar-refractivity contribution in [1.82, 2.24) is 14.7 Å². The molecule has 1 aliphatic heterocycles. The predicted molar refractivity (Wildman–Crippen MR) is 104 cm³/mol. The fourth-order valence-electron chi connectivity index (χ4n) is 3.50. The molecule has 1 amide bonds. The van der Waals surface area contributed by atoms with E-state index in [1.807, 2.05) is 42.2 Å². The fraction of sp³-hybridized carbons (Fsp3) is 0.273. The largest absolute Gasteiger partial charge is 0.490 e. The lowest BCUT2D eigenvalue weighted by Gasteiger charge is -2.32. The zero-order valence-electron chi connectivity index (χ0n) is 15.7. The zero-order valence-corrected chi connectivity index (χ0v) is 15.7.